The van der Waals surface area contributed by atoms with Gasteiger partial charge in [-0.15, -0.1) is 0 Å². The van der Waals surface area contributed by atoms with Crippen LogP contribution in [0.1, 0.15) is 12.5 Å². The molecule has 0 fully saturated rings. The summed E-state index contributed by atoms with van der Waals surface area (Å²) >= 11 is 0. The van der Waals surface area contributed by atoms with Gasteiger partial charge in [-0.1, -0.05) is 17.3 Å². The molecule has 0 saturated heterocycles. The second-order valence-corrected chi connectivity index (χ2v) is 3.37. The fourth-order valence-electron chi connectivity index (χ4n) is 1.08. The van der Waals surface area contributed by atoms with E-state index in [0.717, 1.165) is 0 Å². The second-order valence-electron chi connectivity index (χ2n) is 3.37. The van der Waals surface area contributed by atoms with Gasteiger partial charge in [-0.3, -0.25) is 0 Å². The van der Waals surface area contributed by atoms with Crippen LogP contribution < -0.4 is 10.5 Å². The highest BCUT2D eigenvalue weighted by molar-refractivity contribution is 5.97. The molecule has 0 heterocycles. The minimum absolute atomic E-state index is 0.0208. The SMILES string of the molecule is COC(C)COc1cccc(/C(N)=N/O)c1. The summed E-state index contributed by atoms with van der Waals surface area (Å²) in [7, 11) is 1.63. The van der Waals surface area contributed by atoms with E-state index in [-0.39, 0.29) is 11.9 Å². The van der Waals surface area contributed by atoms with Crippen molar-refractivity contribution in [3.63, 3.8) is 0 Å². The molecule has 0 bridgehead atoms. The molecule has 1 rings (SSSR count). The van der Waals surface area contributed by atoms with Crippen LogP contribution in [0.2, 0.25) is 0 Å². The van der Waals surface area contributed by atoms with Crippen LogP contribution in [0.5, 0.6) is 5.75 Å². The van der Waals surface area contributed by atoms with Crippen LogP contribution in [0, 0.1) is 0 Å². The van der Waals surface area contributed by atoms with E-state index in [4.69, 9.17) is 20.4 Å². The fraction of sp³-hybridized carbons (Fsp3) is 0.364. The van der Waals surface area contributed by atoms with Crippen molar-refractivity contribution in [2.45, 2.75) is 13.0 Å². The van der Waals surface area contributed by atoms with Gasteiger partial charge in [0, 0.05) is 12.7 Å². The van der Waals surface area contributed by atoms with E-state index < -0.39 is 0 Å². The van der Waals surface area contributed by atoms with Gasteiger partial charge < -0.3 is 20.4 Å². The second kappa shape index (κ2) is 5.97. The van der Waals surface area contributed by atoms with Crippen molar-refractivity contribution in [3.05, 3.63) is 29.8 Å². The zero-order valence-electron chi connectivity index (χ0n) is 9.38. The standard InChI is InChI=1S/C11H16N2O3/c1-8(15-2)7-16-10-5-3-4-9(6-10)11(12)13-14/h3-6,8,14H,7H2,1-2H3,(H2,12,13). The molecular formula is C11H16N2O3. The predicted molar refractivity (Wildman–Crippen MR) is 60.9 cm³/mol. The molecule has 0 radical (unpaired) electrons. The molecule has 16 heavy (non-hydrogen) atoms. The Morgan fingerprint density at radius 2 is 2.31 bits per heavy atom. The minimum Gasteiger partial charge on any atom is -0.491 e. The van der Waals surface area contributed by atoms with Crippen molar-refractivity contribution in [2.75, 3.05) is 13.7 Å². The lowest BCUT2D eigenvalue weighted by Crippen LogP contribution is -2.17. The molecule has 1 atom stereocenters. The molecule has 0 aliphatic rings. The average Bonchev–Trinajstić information content (AvgIpc) is 2.35. The monoisotopic (exact) mass is 224 g/mol. The molecule has 0 aromatic heterocycles. The van der Waals surface area contributed by atoms with E-state index >= 15 is 0 Å². The molecule has 0 aliphatic heterocycles. The zero-order chi connectivity index (χ0) is 12.0. The third kappa shape index (κ3) is 3.43. The summed E-state index contributed by atoms with van der Waals surface area (Å²) < 4.78 is 10.5. The summed E-state index contributed by atoms with van der Waals surface area (Å²) in [5.74, 6) is 0.721. The van der Waals surface area contributed by atoms with Gasteiger partial charge in [0.1, 0.15) is 12.4 Å². The van der Waals surface area contributed by atoms with Crippen LogP contribution in [0.15, 0.2) is 29.4 Å². The molecule has 0 spiro atoms. The highest BCUT2D eigenvalue weighted by Gasteiger charge is 2.03. The number of rotatable bonds is 5. The lowest BCUT2D eigenvalue weighted by molar-refractivity contribution is 0.0716. The normalized spacial score (nSPS) is 13.5. The van der Waals surface area contributed by atoms with Crippen LogP contribution in [0.4, 0.5) is 0 Å². The molecule has 5 heteroatoms. The number of hydrogen-bond acceptors (Lipinski definition) is 4. The molecule has 3 N–H and O–H groups in total. The van der Waals surface area contributed by atoms with Gasteiger partial charge in [-0.05, 0) is 19.1 Å². The molecule has 0 aliphatic carbocycles. The summed E-state index contributed by atoms with van der Waals surface area (Å²) in [6.45, 7) is 2.36. The minimum atomic E-state index is 0.0208. The molecule has 1 unspecified atom stereocenters. The van der Waals surface area contributed by atoms with Gasteiger partial charge in [0.2, 0.25) is 0 Å². The first kappa shape index (κ1) is 12.3. The van der Waals surface area contributed by atoms with E-state index in [2.05, 4.69) is 5.16 Å². The van der Waals surface area contributed by atoms with E-state index in [9.17, 15) is 0 Å². The number of amidine groups is 1. The van der Waals surface area contributed by atoms with E-state index in [0.29, 0.717) is 17.9 Å². The Balaban J connectivity index is 2.68. The van der Waals surface area contributed by atoms with Gasteiger partial charge in [0.25, 0.3) is 0 Å². The molecule has 1 aromatic carbocycles. The molecule has 88 valence electrons. The molecule has 0 saturated carbocycles. The van der Waals surface area contributed by atoms with Crippen molar-refractivity contribution < 1.29 is 14.7 Å². The summed E-state index contributed by atoms with van der Waals surface area (Å²) in [5.41, 5.74) is 6.08. The van der Waals surface area contributed by atoms with Crippen LogP contribution >= 0.6 is 0 Å². The predicted octanol–water partition coefficient (Wildman–Crippen LogP) is 1.19. The summed E-state index contributed by atoms with van der Waals surface area (Å²) in [4.78, 5) is 0. The van der Waals surface area contributed by atoms with Gasteiger partial charge in [-0.2, -0.15) is 0 Å². The van der Waals surface area contributed by atoms with Crippen LogP contribution in [0.25, 0.3) is 0 Å². The maximum atomic E-state index is 8.54. The quantitative estimate of drug-likeness (QED) is 0.341. The Morgan fingerprint density at radius 3 is 2.94 bits per heavy atom. The highest BCUT2D eigenvalue weighted by atomic mass is 16.5. The molecule has 0 amide bonds. The van der Waals surface area contributed by atoms with Crippen LogP contribution in [-0.4, -0.2) is 30.9 Å². The number of nitrogens with zero attached hydrogens (tertiary/aromatic N) is 1. The van der Waals surface area contributed by atoms with E-state index in [1.807, 2.05) is 6.92 Å². The average molecular weight is 224 g/mol. The third-order valence-corrected chi connectivity index (χ3v) is 2.12. The first-order valence-corrected chi connectivity index (χ1v) is 4.91. The van der Waals surface area contributed by atoms with E-state index in [1.54, 1.807) is 31.4 Å². The third-order valence-electron chi connectivity index (χ3n) is 2.12. The van der Waals surface area contributed by atoms with Gasteiger partial charge in [0.05, 0.1) is 6.10 Å². The highest BCUT2D eigenvalue weighted by Crippen LogP contribution is 2.13. The Hall–Kier alpha value is -1.75. The number of methoxy groups -OCH3 is 1. The maximum absolute atomic E-state index is 8.54. The Bertz CT molecular complexity index is 366. The smallest absolute Gasteiger partial charge is 0.170 e. The molecule has 1 aromatic rings. The van der Waals surface area contributed by atoms with Crippen LogP contribution in [-0.2, 0) is 4.74 Å². The van der Waals surface area contributed by atoms with Gasteiger partial charge in [0.15, 0.2) is 5.84 Å². The number of hydrogen-bond donors (Lipinski definition) is 2. The van der Waals surface area contributed by atoms with Crippen LogP contribution in [0.3, 0.4) is 0 Å². The van der Waals surface area contributed by atoms with Crippen molar-refractivity contribution in [2.24, 2.45) is 10.9 Å². The Labute approximate surface area is 94.5 Å². The van der Waals surface area contributed by atoms with Crippen molar-refractivity contribution in [1.29, 1.82) is 0 Å². The Morgan fingerprint density at radius 1 is 1.56 bits per heavy atom. The lowest BCUT2D eigenvalue weighted by atomic mass is 10.2. The topological polar surface area (TPSA) is 77.1 Å². The maximum Gasteiger partial charge on any atom is 0.170 e. The summed E-state index contributed by atoms with van der Waals surface area (Å²) in [6, 6.07) is 7.02. The van der Waals surface area contributed by atoms with Crippen molar-refractivity contribution >= 4 is 5.84 Å². The number of nitrogens with two attached hydrogens (primary N) is 1. The number of oxime groups is 1. The van der Waals surface area contributed by atoms with Gasteiger partial charge >= 0.3 is 0 Å². The van der Waals surface area contributed by atoms with E-state index in [1.165, 1.54) is 0 Å². The lowest BCUT2D eigenvalue weighted by Gasteiger charge is -2.11. The number of ether oxygens (including phenoxy) is 2. The first-order valence-electron chi connectivity index (χ1n) is 4.91. The Kier molecular flexibility index (Phi) is 4.60. The number of benzene rings is 1. The van der Waals surface area contributed by atoms with Gasteiger partial charge in [-0.25, -0.2) is 0 Å². The largest absolute Gasteiger partial charge is 0.491 e. The fourth-order valence-corrected chi connectivity index (χ4v) is 1.08. The van der Waals surface area contributed by atoms with Crippen molar-refractivity contribution in [3.8, 4) is 5.75 Å². The van der Waals surface area contributed by atoms with Crippen molar-refractivity contribution in [1.82, 2.24) is 0 Å². The zero-order valence-corrected chi connectivity index (χ0v) is 9.38. The summed E-state index contributed by atoms with van der Waals surface area (Å²) in [5, 5.41) is 11.5. The first-order chi connectivity index (χ1) is 7.67. The molecule has 5 nitrogen and oxygen atoms in total. The summed E-state index contributed by atoms with van der Waals surface area (Å²) in [6.07, 6.45) is 0.0208. The molecular weight excluding hydrogens is 208 g/mol.